The zero-order valence-corrected chi connectivity index (χ0v) is 20.0. The number of para-hydroxylation sites is 2. The predicted octanol–water partition coefficient (Wildman–Crippen LogP) is 6.49. The van der Waals surface area contributed by atoms with Crippen LogP contribution in [0.1, 0.15) is 21.6 Å². The maximum Gasteiger partial charge on any atom is 0.275 e. The molecule has 7 heteroatoms. The molecule has 0 fully saturated rings. The highest BCUT2D eigenvalue weighted by atomic mass is 32.2. The monoisotopic (exact) mass is 473 g/mol. The number of carbonyl (C=O) groups is 1. The zero-order chi connectivity index (χ0) is 23.0. The van der Waals surface area contributed by atoms with Gasteiger partial charge in [0.15, 0.2) is 5.16 Å². The molecule has 0 atom stereocenters. The summed E-state index contributed by atoms with van der Waals surface area (Å²) >= 11 is 2.97. The van der Waals surface area contributed by atoms with Gasteiger partial charge in [0.25, 0.3) is 5.91 Å². The third kappa shape index (κ3) is 6.15. The van der Waals surface area contributed by atoms with Gasteiger partial charge in [-0.15, -0.1) is 0 Å². The molecule has 1 aromatic heterocycles. The van der Waals surface area contributed by atoms with E-state index in [2.05, 4.69) is 40.4 Å². The van der Waals surface area contributed by atoms with Crippen LogP contribution < -0.4 is 10.1 Å². The van der Waals surface area contributed by atoms with E-state index in [-0.39, 0.29) is 5.91 Å². The van der Waals surface area contributed by atoms with Gasteiger partial charge in [-0.1, -0.05) is 83.7 Å². The molecular formula is C26H23N3O2S2. The fourth-order valence-electron chi connectivity index (χ4n) is 3.16. The number of ether oxygens (including phenoxy) is 1. The van der Waals surface area contributed by atoms with Crippen molar-refractivity contribution < 1.29 is 9.53 Å². The average Bonchev–Trinajstić information content (AvgIpc) is 2.84. The van der Waals surface area contributed by atoms with E-state index in [1.807, 2.05) is 48.5 Å². The Morgan fingerprint density at radius 2 is 1.79 bits per heavy atom. The van der Waals surface area contributed by atoms with Crippen molar-refractivity contribution in [1.29, 1.82) is 0 Å². The van der Waals surface area contributed by atoms with Crippen molar-refractivity contribution in [3.8, 4) is 5.75 Å². The third-order valence-corrected chi connectivity index (χ3v) is 6.68. The van der Waals surface area contributed by atoms with Crippen LogP contribution in [0.2, 0.25) is 0 Å². The minimum atomic E-state index is -0.308. The van der Waals surface area contributed by atoms with Gasteiger partial charge in [0.05, 0.1) is 17.7 Å². The zero-order valence-electron chi connectivity index (χ0n) is 18.3. The topological polar surface area (TPSA) is 64.1 Å². The lowest BCUT2D eigenvalue weighted by molar-refractivity contribution is 0.101. The van der Waals surface area contributed by atoms with E-state index in [0.29, 0.717) is 27.2 Å². The van der Waals surface area contributed by atoms with E-state index in [1.54, 1.807) is 25.4 Å². The van der Waals surface area contributed by atoms with Gasteiger partial charge in [-0.25, -0.2) is 9.97 Å². The number of anilines is 1. The van der Waals surface area contributed by atoms with Crippen molar-refractivity contribution in [1.82, 2.24) is 9.97 Å². The number of methoxy groups -OCH3 is 1. The lowest BCUT2D eigenvalue weighted by Crippen LogP contribution is -2.16. The van der Waals surface area contributed by atoms with Crippen LogP contribution in [-0.4, -0.2) is 23.0 Å². The number of amides is 1. The van der Waals surface area contributed by atoms with Crippen LogP contribution in [0.4, 0.5) is 5.69 Å². The van der Waals surface area contributed by atoms with Gasteiger partial charge in [0.1, 0.15) is 11.4 Å². The van der Waals surface area contributed by atoms with Crippen molar-refractivity contribution in [2.75, 3.05) is 12.4 Å². The van der Waals surface area contributed by atoms with E-state index in [9.17, 15) is 4.79 Å². The summed E-state index contributed by atoms with van der Waals surface area (Å²) in [7, 11) is 1.58. The first-order valence-electron chi connectivity index (χ1n) is 10.3. The summed E-state index contributed by atoms with van der Waals surface area (Å²) in [5.41, 5.74) is 3.32. The van der Waals surface area contributed by atoms with Crippen molar-refractivity contribution in [3.63, 3.8) is 0 Å². The molecule has 166 valence electrons. The fraction of sp³-hybridized carbons (Fsp3) is 0.115. The van der Waals surface area contributed by atoms with Crippen molar-refractivity contribution >= 4 is 35.1 Å². The second-order valence-electron chi connectivity index (χ2n) is 7.21. The molecule has 1 amide bonds. The van der Waals surface area contributed by atoms with Gasteiger partial charge >= 0.3 is 0 Å². The van der Waals surface area contributed by atoms with Crippen LogP contribution in [0.25, 0.3) is 0 Å². The molecule has 1 N–H and O–H groups in total. The largest absolute Gasteiger partial charge is 0.495 e. The Balaban J connectivity index is 1.61. The molecule has 0 aliphatic carbocycles. The van der Waals surface area contributed by atoms with E-state index >= 15 is 0 Å². The quantitative estimate of drug-likeness (QED) is 0.233. The second kappa shape index (κ2) is 11.0. The normalized spacial score (nSPS) is 10.6. The van der Waals surface area contributed by atoms with Crippen LogP contribution >= 0.6 is 23.5 Å². The summed E-state index contributed by atoms with van der Waals surface area (Å²) in [6, 6.07) is 25.5. The number of thioether (sulfide) groups is 1. The Bertz CT molecular complexity index is 1250. The number of nitrogens with zero attached hydrogens (tertiary/aromatic N) is 2. The molecule has 1 heterocycles. The van der Waals surface area contributed by atoms with Crippen molar-refractivity contribution in [3.05, 3.63) is 102 Å². The van der Waals surface area contributed by atoms with E-state index in [4.69, 9.17) is 4.74 Å². The minimum absolute atomic E-state index is 0.308. The standard InChI is InChI=1S/C26H23N3O2S2/c1-18-9-8-10-19(15-18)17-32-26-27-16-23(33-20-11-4-3-5-12-20)24(29-26)25(30)28-21-13-6-7-14-22(21)31-2/h3-16H,17H2,1-2H3,(H,28,30). The van der Waals surface area contributed by atoms with Crippen LogP contribution in [0.15, 0.2) is 100 Å². The first-order chi connectivity index (χ1) is 16.1. The predicted molar refractivity (Wildman–Crippen MR) is 134 cm³/mol. The first-order valence-corrected chi connectivity index (χ1v) is 12.2. The number of aromatic nitrogens is 2. The molecule has 0 saturated carbocycles. The Kier molecular flexibility index (Phi) is 7.65. The molecule has 4 rings (SSSR count). The van der Waals surface area contributed by atoms with Crippen LogP contribution in [0.3, 0.4) is 0 Å². The number of carbonyl (C=O) groups excluding carboxylic acids is 1. The summed E-state index contributed by atoms with van der Waals surface area (Å²) in [6.07, 6.45) is 1.72. The molecular weight excluding hydrogens is 450 g/mol. The molecule has 4 aromatic rings. The number of aryl methyl sites for hydroxylation is 1. The van der Waals surface area contributed by atoms with E-state index in [1.165, 1.54) is 34.7 Å². The highest BCUT2D eigenvalue weighted by Crippen LogP contribution is 2.32. The SMILES string of the molecule is COc1ccccc1NC(=O)c1nc(SCc2cccc(C)c2)ncc1Sc1ccccc1. The van der Waals surface area contributed by atoms with E-state index < -0.39 is 0 Å². The summed E-state index contributed by atoms with van der Waals surface area (Å²) in [6.45, 7) is 2.07. The van der Waals surface area contributed by atoms with Crippen molar-refractivity contribution in [2.45, 2.75) is 27.6 Å². The van der Waals surface area contributed by atoms with Gasteiger partial charge in [0.2, 0.25) is 0 Å². The minimum Gasteiger partial charge on any atom is -0.495 e. The van der Waals surface area contributed by atoms with Crippen LogP contribution in [0, 0.1) is 6.92 Å². The summed E-state index contributed by atoms with van der Waals surface area (Å²) in [4.78, 5) is 24.1. The molecule has 0 spiro atoms. The Hall–Kier alpha value is -3.29. The summed E-state index contributed by atoms with van der Waals surface area (Å²) < 4.78 is 5.37. The summed E-state index contributed by atoms with van der Waals surface area (Å²) in [5, 5.41) is 3.49. The van der Waals surface area contributed by atoms with Gasteiger partial charge < -0.3 is 10.1 Å². The maximum atomic E-state index is 13.3. The number of benzene rings is 3. The van der Waals surface area contributed by atoms with Gasteiger partial charge in [-0.2, -0.15) is 0 Å². The average molecular weight is 474 g/mol. The molecule has 0 unspecified atom stereocenters. The van der Waals surface area contributed by atoms with Crippen molar-refractivity contribution in [2.24, 2.45) is 0 Å². The van der Waals surface area contributed by atoms with Gasteiger partial charge in [-0.3, -0.25) is 4.79 Å². The highest BCUT2D eigenvalue weighted by molar-refractivity contribution is 7.99. The first kappa shape index (κ1) is 22.9. The molecule has 0 bridgehead atoms. The second-order valence-corrected chi connectivity index (χ2v) is 9.27. The van der Waals surface area contributed by atoms with Gasteiger partial charge in [0, 0.05) is 16.8 Å². The lowest BCUT2D eigenvalue weighted by atomic mass is 10.2. The highest BCUT2D eigenvalue weighted by Gasteiger charge is 2.18. The Labute approximate surface area is 202 Å². The van der Waals surface area contributed by atoms with E-state index in [0.717, 1.165) is 10.6 Å². The third-order valence-electron chi connectivity index (χ3n) is 4.72. The molecule has 0 aliphatic rings. The maximum absolute atomic E-state index is 13.3. The molecule has 5 nitrogen and oxygen atoms in total. The Morgan fingerprint density at radius 1 is 1.00 bits per heavy atom. The summed E-state index contributed by atoms with van der Waals surface area (Å²) in [5.74, 6) is 1.00. The molecule has 0 saturated heterocycles. The fourth-order valence-corrected chi connectivity index (χ4v) is 4.80. The van der Waals surface area contributed by atoms with Gasteiger partial charge in [-0.05, 0) is 36.8 Å². The van der Waals surface area contributed by atoms with Crippen LogP contribution in [-0.2, 0) is 5.75 Å². The Morgan fingerprint density at radius 3 is 2.58 bits per heavy atom. The molecule has 33 heavy (non-hydrogen) atoms. The number of hydrogen-bond donors (Lipinski definition) is 1. The molecule has 0 radical (unpaired) electrons. The molecule has 0 aliphatic heterocycles. The van der Waals surface area contributed by atoms with Crippen LogP contribution in [0.5, 0.6) is 5.75 Å². The lowest BCUT2D eigenvalue weighted by Gasteiger charge is -2.12. The number of nitrogens with one attached hydrogen (secondary N) is 1. The number of rotatable bonds is 8. The molecule has 3 aromatic carbocycles. The smallest absolute Gasteiger partial charge is 0.275 e. The number of hydrogen-bond acceptors (Lipinski definition) is 6.